The molecule has 0 radical (unpaired) electrons. The van der Waals surface area contributed by atoms with Gasteiger partial charge in [0.2, 0.25) is 5.91 Å². The van der Waals surface area contributed by atoms with E-state index in [0.717, 1.165) is 50.0 Å². The molecule has 0 N–H and O–H groups in total. The highest BCUT2D eigenvalue weighted by molar-refractivity contribution is 5.98. The first-order valence-corrected chi connectivity index (χ1v) is 7.75. The maximum Gasteiger partial charge on any atom is 0.224 e. The number of amides is 1. The largest absolute Gasteiger partial charge is 0.350 e. The molecular formula is C16H22N2O2. The molecule has 2 heterocycles. The van der Waals surface area contributed by atoms with E-state index in [1.165, 1.54) is 6.42 Å². The molecule has 1 amide bonds. The minimum Gasteiger partial charge on any atom is -0.350 e. The number of nitrogens with zero attached hydrogens (tertiary/aromatic N) is 2. The first-order valence-electron chi connectivity index (χ1n) is 7.75. The summed E-state index contributed by atoms with van der Waals surface area (Å²) in [7, 11) is 0. The Morgan fingerprint density at radius 2 is 1.90 bits per heavy atom. The summed E-state index contributed by atoms with van der Waals surface area (Å²) in [5, 5.41) is 0. The second kappa shape index (κ2) is 5.81. The third-order valence-corrected chi connectivity index (χ3v) is 4.47. The van der Waals surface area contributed by atoms with Gasteiger partial charge in [0, 0.05) is 49.9 Å². The highest BCUT2D eigenvalue weighted by atomic mass is 16.2. The number of likely N-dealkylation sites (tertiary alicyclic amines) is 1. The molecule has 0 saturated carbocycles. The van der Waals surface area contributed by atoms with Crippen LogP contribution in [0, 0.1) is 0 Å². The third-order valence-electron chi connectivity index (χ3n) is 4.47. The Kier molecular flexibility index (Phi) is 3.90. The fourth-order valence-electron chi connectivity index (χ4n) is 3.32. The number of fused-ring (bicyclic) bond motifs is 1. The van der Waals surface area contributed by atoms with Gasteiger partial charge in [-0.25, -0.2) is 0 Å². The first-order chi connectivity index (χ1) is 9.75. The van der Waals surface area contributed by atoms with Crippen molar-refractivity contribution in [1.29, 1.82) is 0 Å². The fraction of sp³-hybridized carbons (Fsp3) is 0.625. The second-order valence-corrected chi connectivity index (χ2v) is 5.84. The van der Waals surface area contributed by atoms with Gasteiger partial charge < -0.3 is 9.47 Å². The Bertz CT molecular complexity index is 513. The van der Waals surface area contributed by atoms with Crippen molar-refractivity contribution in [3.63, 3.8) is 0 Å². The fourth-order valence-corrected chi connectivity index (χ4v) is 3.32. The van der Waals surface area contributed by atoms with Crippen LogP contribution in [-0.2, 0) is 17.8 Å². The molecular weight excluding hydrogens is 252 g/mol. The van der Waals surface area contributed by atoms with Crippen LogP contribution in [0.2, 0.25) is 0 Å². The lowest BCUT2D eigenvalue weighted by Gasteiger charge is -2.27. The number of rotatable bonds is 3. The van der Waals surface area contributed by atoms with Gasteiger partial charge in [0.25, 0.3) is 0 Å². The summed E-state index contributed by atoms with van der Waals surface area (Å²) in [5.74, 6) is 0.515. The van der Waals surface area contributed by atoms with E-state index in [0.29, 0.717) is 19.4 Å². The average Bonchev–Trinajstić information content (AvgIpc) is 2.90. The van der Waals surface area contributed by atoms with Crippen LogP contribution in [0.5, 0.6) is 0 Å². The summed E-state index contributed by atoms with van der Waals surface area (Å²) in [5.41, 5.74) is 2.01. The average molecular weight is 274 g/mol. The maximum atomic E-state index is 12.2. The van der Waals surface area contributed by atoms with Crippen molar-refractivity contribution in [1.82, 2.24) is 9.47 Å². The Labute approximate surface area is 119 Å². The van der Waals surface area contributed by atoms with Gasteiger partial charge in [-0.3, -0.25) is 9.59 Å². The number of piperidine rings is 1. The SMILES string of the molecule is O=C1CCCc2c1ccn2CCC(=O)N1CCCCC1. The van der Waals surface area contributed by atoms with Crippen LogP contribution in [-0.4, -0.2) is 34.2 Å². The molecule has 4 heteroatoms. The quantitative estimate of drug-likeness (QED) is 0.849. The molecule has 4 nitrogen and oxygen atoms in total. The number of hydrogen-bond acceptors (Lipinski definition) is 2. The number of ketones is 1. The van der Waals surface area contributed by atoms with Crippen LogP contribution in [0.1, 0.15) is 54.6 Å². The van der Waals surface area contributed by atoms with Crippen molar-refractivity contribution in [2.75, 3.05) is 13.1 Å². The molecule has 1 aliphatic heterocycles. The lowest BCUT2D eigenvalue weighted by atomic mass is 9.97. The number of hydrogen-bond donors (Lipinski definition) is 0. The monoisotopic (exact) mass is 274 g/mol. The Hall–Kier alpha value is -1.58. The molecule has 0 aromatic carbocycles. The minimum atomic E-state index is 0.257. The van der Waals surface area contributed by atoms with E-state index < -0.39 is 0 Å². The first kappa shape index (κ1) is 13.4. The van der Waals surface area contributed by atoms with Crippen LogP contribution in [0.3, 0.4) is 0 Å². The van der Waals surface area contributed by atoms with Gasteiger partial charge in [-0.1, -0.05) is 0 Å². The predicted molar refractivity (Wildman–Crippen MR) is 76.7 cm³/mol. The molecule has 1 aromatic rings. The molecule has 1 fully saturated rings. The van der Waals surface area contributed by atoms with Crippen molar-refractivity contribution >= 4 is 11.7 Å². The number of aromatic nitrogens is 1. The van der Waals surface area contributed by atoms with Crippen LogP contribution in [0.25, 0.3) is 0 Å². The van der Waals surface area contributed by atoms with E-state index in [2.05, 4.69) is 4.57 Å². The molecule has 1 aliphatic carbocycles. The molecule has 2 aliphatic rings. The summed E-state index contributed by atoms with van der Waals surface area (Å²) >= 11 is 0. The zero-order valence-corrected chi connectivity index (χ0v) is 11.9. The van der Waals surface area contributed by atoms with Crippen molar-refractivity contribution in [2.45, 2.75) is 51.5 Å². The highest BCUT2D eigenvalue weighted by Crippen LogP contribution is 2.22. The molecule has 108 valence electrons. The van der Waals surface area contributed by atoms with E-state index in [1.54, 1.807) is 0 Å². The van der Waals surface area contributed by atoms with Gasteiger partial charge in [-0.2, -0.15) is 0 Å². The molecule has 0 bridgehead atoms. The molecule has 20 heavy (non-hydrogen) atoms. The van der Waals surface area contributed by atoms with Crippen molar-refractivity contribution in [3.8, 4) is 0 Å². The van der Waals surface area contributed by atoms with Crippen molar-refractivity contribution < 1.29 is 9.59 Å². The number of Topliss-reactive ketones (excluding diaryl/α,β-unsaturated/α-hetero) is 1. The van der Waals surface area contributed by atoms with Crippen LogP contribution in [0.4, 0.5) is 0 Å². The highest BCUT2D eigenvalue weighted by Gasteiger charge is 2.21. The summed E-state index contributed by atoms with van der Waals surface area (Å²) in [6.45, 7) is 2.54. The summed E-state index contributed by atoms with van der Waals surface area (Å²) < 4.78 is 2.11. The zero-order valence-electron chi connectivity index (χ0n) is 11.9. The van der Waals surface area contributed by atoms with E-state index in [-0.39, 0.29) is 11.7 Å². The van der Waals surface area contributed by atoms with Crippen molar-refractivity contribution in [2.24, 2.45) is 0 Å². The van der Waals surface area contributed by atoms with E-state index in [9.17, 15) is 9.59 Å². The van der Waals surface area contributed by atoms with Gasteiger partial charge in [0.05, 0.1) is 0 Å². The number of carbonyl (C=O) groups is 2. The van der Waals surface area contributed by atoms with Crippen LogP contribution < -0.4 is 0 Å². The normalized spacial score (nSPS) is 19.0. The molecule has 0 unspecified atom stereocenters. The minimum absolute atomic E-state index is 0.257. The molecule has 0 spiro atoms. The Morgan fingerprint density at radius 3 is 2.70 bits per heavy atom. The molecule has 1 aromatic heterocycles. The number of carbonyl (C=O) groups excluding carboxylic acids is 2. The predicted octanol–water partition coefficient (Wildman–Crippen LogP) is 2.41. The lowest BCUT2D eigenvalue weighted by Crippen LogP contribution is -2.36. The summed E-state index contributed by atoms with van der Waals surface area (Å²) in [4.78, 5) is 26.0. The van der Waals surface area contributed by atoms with Gasteiger partial charge >= 0.3 is 0 Å². The third kappa shape index (κ3) is 2.65. The van der Waals surface area contributed by atoms with Crippen LogP contribution in [0.15, 0.2) is 12.3 Å². The van der Waals surface area contributed by atoms with Gasteiger partial charge in [0.1, 0.15) is 0 Å². The smallest absolute Gasteiger partial charge is 0.224 e. The van der Waals surface area contributed by atoms with Gasteiger partial charge in [-0.05, 0) is 38.2 Å². The Balaban J connectivity index is 1.61. The zero-order chi connectivity index (χ0) is 13.9. The maximum absolute atomic E-state index is 12.2. The molecule has 3 rings (SSSR count). The van der Waals surface area contributed by atoms with Crippen LogP contribution >= 0.6 is 0 Å². The van der Waals surface area contributed by atoms with Gasteiger partial charge in [0.15, 0.2) is 5.78 Å². The molecule has 1 saturated heterocycles. The number of aryl methyl sites for hydroxylation is 1. The Morgan fingerprint density at radius 1 is 1.10 bits per heavy atom. The van der Waals surface area contributed by atoms with E-state index in [4.69, 9.17) is 0 Å². The second-order valence-electron chi connectivity index (χ2n) is 5.84. The summed E-state index contributed by atoms with van der Waals surface area (Å²) in [6, 6.07) is 1.92. The lowest BCUT2D eigenvalue weighted by molar-refractivity contribution is -0.132. The topological polar surface area (TPSA) is 42.3 Å². The van der Waals surface area contributed by atoms with E-state index >= 15 is 0 Å². The standard InChI is InChI=1S/C16H22N2O2/c19-15-6-4-5-14-13(15)7-11-17(14)12-8-16(20)18-9-2-1-3-10-18/h7,11H,1-6,8-10,12H2. The van der Waals surface area contributed by atoms with E-state index in [1.807, 2.05) is 17.2 Å². The summed E-state index contributed by atoms with van der Waals surface area (Å²) in [6.07, 6.45) is 8.62. The molecule has 0 atom stereocenters. The van der Waals surface area contributed by atoms with Crippen molar-refractivity contribution in [3.05, 3.63) is 23.5 Å². The van der Waals surface area contributed by atoms with Gasteiger partial charge in [-0.15, -0.1) is 0 Å².